The van der Waals surface area contributed by atoms with Gasteiger partial charge in [-0.3, -0.25) is 9.36 Å². The van der Waals surface area contributed by atoms with Gasteiger partial charge in [0.1, 0.15) is 11.2 Å². The molecular formula is C28H42N4O6. The maximum Gasteiger partial charge on any atom is 0.410 e. The zero-order valence-electron chi connectivity index (χ0n) is 24.2. The number of hydrogen-bond donors (Lipinski definition) is 0. The maximum atomic E-state index is 13.6. The van der Waals surface area contributed by atoms with E-state index < -0.39 is 28.8 Å². The predicted molar refractivity (Wildman–Crippen MR) is 147 cm³/mol. The normalized spacial score (nSPS) is 15.9. The van der Waals surface area contributed by atoms with Crippen LogP contribution in [0.3, 0.4) is 0 Å². The van der Waals surface area contributed by atoms with Gasteiger partial charge in [0.25, 0.3) is 5.56 Å². The van der Waals surface area contributed by atoms with Crippen LogP contribution in [-0.2, 0) is 19.0 Å². The molecule has 0 spiro atoms. The van der Waals surface area contributed by atoms with E-state index in [1.807, 2.05) is 47.6 Å². The van der Waals surface area contributed by atoms with E-state index in [9.17, 15) is 14.4 Å². The highest BCUT2D eigenvalue weighted by Gasteiger charge is 2.30. The van der Waals surface area contributed by atoms with E-state index in [1.165, 1.54) is 10.9 Å². The monoisotopic (exact) mass is 530 g/mol. The number of carbonyl (C=O) groups excluding carboxylic acids is 2. The van der Waals surface area contributed by atoms with Gasteiger partial charge >= 0.3 is 12.1 Å². The first-order valence-electron chi connectivity index (χ1n) is 13.0. The van der Waals surface area contributed by atoms with E-state index in [4.69, 9.17) is 14.2 Å². The summed E-state index contributed by atoms with van der Waals surface area (Å²) in [5.41, 5.74) is -0.755. The fourth-order valence-corrected chi connectivity index (χ4v) is 3.98. The number of rotatable bonds is 5. The highest BCUT2D eigenvalue weighted by molar-refractivity contribution is 5.82. The first-order valence-corrected chi connectivity index (χ1v) is 13.0. The molecule has 1 aromatic heterocycles. The number of fused-ring (bicyclic) bond motifs is 1. The number of esters is 1. The Balaban J connectivity index is 1.87. The van der Waals surface area contributed by atoms with Gasteiger partial charge in [0.2, 0.25) is 0 Å². The van der Waals surface area contributed by atoms with Crippen molar-refractivity contribution in [1.29, 1.82) is 0 Å². The average Bonchev–Trinajstić information content (AvgIpc) is 2.77. The second kappa shape index (κ2) is 10.9. The van der Waals surface area contributed by atoms with Gasteiger partial charge in [0, 0.05) is 31.9 Å². The quantitative estimate of drug-likeness (QED) is 0.531. The molecule has 1 amide bonds. The van der Waals surface area contributed by atoms with Gasteiger partial charge < -0.3 is 24.0 Å². The summed E-state index contributed by atoms with van der Waals surface area (Å²) in [4.78, 5) is 47.4. The topological polar surface area (TPSA) is 103 Å². The molecule has 1 unspecified atom stereocenters. The molecule has 1 aromatic carbocycles. The molecule has 10 heteroatoms. The standard InChI is InChI=1S/C28H42N4O6/c1-26(2,3)36-17-22(24(34)37-27(4,5)6)32-18-29-21-11-10-19(16-20(21)23(32)33)30-12-14-31(15-13-30)25(35)38-28(7,8)9/h10-11,16,18,22H,12-15,17H2,1-9H3. The summed E-state index contributed by atoms with van der Waals surface area (Å²) in [6.07, 6.45) is 1.05. The van der Waals surface area contributed by atoms with Crippen molar-refractivity contribution >= 4 is 28.7 Å². The van der Waals surface area contributed by atoms with Crippen LogP contribution >= 0.6 is 0 Å². The van der Waals surface area contributed by atoms with E-state index in [-0.39, 0.29) is 18.3 Å². The van der Waals surface area contributed by atoms with Crippen LogP contribution in [0, 0.1) is 0 Å². The third kappa shape index (κ3) is 7.93. The summed E-state index contributed by atoms with van der Waals surface area (Å²) in [6, 6.07) is 4.51. The minimum atomic E-state index is -0.987. The van der Waals surface area contributed by atoms with Gasteiger partial charge in [0.05, 0.1) is 29.4 Å². The number of anilines is 1. The smallest absolute Gasteiger partial charge is 0.410 e. The van der Waals surface area contributed by atoms with Crippen molar-refractivity contribution in [2.75, 3.05) is 37.7 Å². The predicted octanol–water partition coefficient (Wildman–Crippen LogP) is 4.15. The molecule has 0 saturated carbocycles. The summed E-state index contributed by atoms with van der Waals surface area (Å²) in [6.45, 7) is 18.7. The lowest BCUT2D eigenvalue weighted by Crippen LogP contribution is -2.50. The van der Waals surface area contributed by atoms with Crippen molar-refractivity contribution < 1.29 is 23.8 Å². The number of hydrogen-bond acceptors (Lipinski definition) is 8. The van der Waals surface area contributed by atoms with Crippen molar-refractivity contribution in [3.05, 3.63) is 34.9 Å². The second-order valence-corrected chi connectivity index (χ2v) is 12.6. The summed E-state index contributed by atoms with van der Waals surface area (Å²) in [7, 11) is 0. The Morgan fingerprint density at radius 3 is 2.05 bits per heavy atom. The number of amides is 1. The highest BCUT2D eigenvalue weighted by atomic mass is 16.6. The average molecular weight is 531 g/mol. The lowest BCUT2D eigenvalue weighted by molar-refractivity contribution is -0.162. The molecule has 38 heavy (non-hydrogen) atoms. The second-order valence-electron chi connectivity index (χ2n) is 12.6. The molecule has 1 aliphatic heterocycles. The Hall–Kier alpha value is -3.14. The molecule has 2 heterocycles. The number of benzene rings is 1. The summed E-state index contributed by atoms with van der Waals surface area (Å²) < 4.78 is 18.3. The number of piperazine rings is 1. The van der Waals surface area contributed by atoms with Crippen LogP contribution in [0.5, 0.6) is 0 Å². The molecule has 1 atom stereocenters. The van der Waals surface area contributed by atoms with Crippen LogP contribution in [-0.4, -0.2) is 76.1 Å². The molecule has 0 aliphatic carbocycles. The van der Waals surface area contributed by atoms with Gasteiger partial charge in [-0.2, -0.15) is 0 Å². The third-order valence-corrected chi connectivity index (χ3v) is 5.75. The molecular weight excluding hydrogens is 488 g/mol. The van der Waals surface area contributed by atoms with Crippen LogP contribution in [0.25, 0.3) is 10.9 Å². The highest BCUT2D eigenvalue weighted by Crippen LogP contribution is 2.23. The summed E-state index contributed by atoms with van der Waals surface area (Å²) in [5.74, 6) is -0.556. The van der Waals surface area contributed by atoms with Crippen molar-refractivity contribution in [3.63, 3.8) is 0 Å². The largest absolute Gasteiger partial charge is 0.458 e. The van der Waals surface area contributed by atoms with Gasteiger partial charge in [0.15, 0.2) is 6.04 Å². The van der Waals surface area contributed by atoms with E-state index >= 15 is 0 Å². The van der Waals surface area contributed by atoms with Crippen LogP contribution in [0.2, 0.25) is 0 Å². The van der Waals surface area contributed by atoms with Gasteiger partial charge in [-0.05, 0) is 80.5 Å². The Bertz CT molecular complexity index is 1210. The first kappa shape index (κ1) is 29.4. The minimum absolute atomic E-state index is 0.0299. The minimum Gasteiger partial charge on any atom is -0.458 e. The Labute approximate surface area is 224 Å². The third-order valence-electron chi connectivity index (χ3n) is 5.75. The van der Waals surface area contributed by atoms with Crippen molar-refractivity contribution in [1.82, 2.24) is 14.5 Å². The van der Waals surface area contributed by atoms with Gasteiger partial charge in [-0.1, -0.05) is 0 Å². The van der Waals surface area contributed by atoms with E-state index in [2.05, 4.69) is 9.88 Å². The molecule has 1 aliphatic rings. The van der Waals surface area contributed by atoms with Crippen LogP contribution in [0.15, 0.2) is 29.3 Å². The summed E-state index contributed by atoms with van der Waals surface area (Å²) in [5, 5.41) is 0.392. The summed E-state index contributed by atoms with van der Waals surface area (Å²) >= 11 is 0. The number of nitrogens with zero attached hydrogens (tertiary/aromatic N) is 4. The van der Waals surface area contributed by atoms with Crippen LogP contribution in [0.1, 0.15) is 68.4 Å². The zero-order chi connectivity index (χ0) is 28.5. The molecule has 3 rings (SSSR count). The molecule has 0 N–H and O–H groups in total. The fourth-order valence-electron chi connectivity index (χ4n) is 3.98. The zero-order valence-corrected chi connectivity index (χ0v) is 24.2. The molecule has 10 nitrogen and oxygen atoms in total. The molecule has 0 bridgehead atoms. The maximum absolute atomic E-state index is 13.6. The first-order chi connectivity index (χ1) is 17.4. The molecule has 1 fully saturated rings. The van der Waals surface area contributed by atoms with Crippen molar-refractivity contribution in [2.45, 2.75) is 85.2 Å². The number of aromatic nitrogens is 2. The van der Waals surface area contributed by atoms with E-state index in [0.29, 0.717) is 37.1 Å². The Morgan fingerprint density at radius 1 is 0.895 bits per heavy atom. The van der Waals surface area contributed by atoms with E-state index in [1.54, 1.807) is 37.8 Å². The van der Waals surface area contributed by atoms with E-state index in [0.717, 1.165) is 5.69 Å². The molecule has 210 valence electrons. The lowest BCUT2D eigenvalue weighted by Gasteiger charge is -2.36. The number of ether oxygens (including phenoxy) is 3. The van der Waals surface area contributed by atoms with Crippen LogP contribution < -0.4 is 10.5 Å². The number of carbonyl (C=O) groups is 2. The SMILES string of the molecule is CC(C)(C)OCC(C(=O)OC(C)(C)C)n1cnc2ccc(N3CCN(C(=O)OC(C)(C)C)CC3)cc2c1=O. The fraction of sp³-hybridized carbons (Fsp3) is 0.643. The van der Waals surface area contributed by atoms with Crippen molar-refractivity contribution in [3.8, 4) is 0 Å². The van der Waals surface area contributed by atoms with Crippen molar-refractivity contribution in [2.24, 2.45) is 0 Å². The van der Waals surface area contributed by atoms with Gasteiger partial charge in [-0.25, -0.2) is 14.6 Å². The van der Waals surface area contributed by atoms with Gasteiger partial charge in [-0.15, -0.1) is 0 Å². The lowest BCUT2D eigenvalue weighted by atomic mass is 10.1. The molecule has 1 saturated heterocycles. The molecule has 0 radical (unpaired) electrons. The Morgan fingerprint density at radius 2 is 1.50 bits per heavy atom. The van der Waals surface area contributed by atoms with Crippen LogP contribution in [0.4, 0.5) is 10.5 Å². The Kier molecular flexibility index (Phi) is 8.45. The molecule has 2 aromatic rings.